The standard InChI is InChI=1S/C10H13FN2/c1-5-6-9(11)10-7(2)12-13(4)8(10)3/h5-6H,1H2,2-4H3/b9-6+. The molecule has 0 aliphatic rings. The fraction of sp³-hybridized carbons (Fsp3) is 0.300. The maximum absolute atomic E-state index is 13.4. The van der Waals surface area contributed by atoms with Crippen LogP contribution in [0.15, 0.2) is 18.7 Å². The van der Waals surface area contributed by atoms with Crippen molar-refractivity contribution >= 4 is 5.83 Å². The number of rotatable bonds is 2. The van der Waals surface area contributed by atoms with Crippen LogP contribution in [0.1, 0.15) is 17.0 Å². The Bertz CT molecular complexity index is 361. The minimum Gasteiger partial charge on any atom is -0.272 e. The smallest absolute Gasteiger partial charge is 0.134 e. The molecule has 0 spiro atoms. The van der Waals surface area contributed by atoms with Gasteiger partial charge in [0.25, 0.3) is 0 Å². The largest absolute Gasteiger partial charge is 0.272 e. The fourth-order valence-corrected chi connectivity index (χ4v) is 1.31. The van der Waals surface area contributed by atoms with E-state index in [0.29, 0.717) is 11.3 Å². The van der Waals surface area contributed by atoms with Crippen molar-refractivity contribution in [3.05, 3.63) is 35.7 Å². The first-order valence-electron chi connectivity index (χ1n) is 4.06. The van der Waals surface area contributed by atoms with E-state index < -0.39 is 0 Å². The van der Waals surface area contributed by atoms with Crippen molar-refractivity contribution in [3.63, 3.8) is 0 Å². The Morgan fingerprint density at radius 1 is 1.54 bits per heavy atom. The molecule has 0 saturated carbocycles. The van der Waals surface area contributed by atoms with E-state index in [1.165, 1.54) is 12.2 Å². The lowest BCUT2D eigenvalue weighted by Gasteiger charge is -1.96. The minimum absolute atomic E-state index is 0.280. The van der Waals surface area contributed by atoms with Gasteiger partial charge in [0.05, 0.1) is 11.3 Å². The summed E-state index contributed by atoms with van der Waals surface area (Å²) in [7, 11) is 1.80. The van der Waals surface area contributed by atoms with E-state index in [0.717, 1.165) is 5.69 Å². The molecule has 1 rings (SSSR count). The molecule has 1 aromatic heterocycles. The quantitative estimate of drug-likeness (QED) is 0.639. The van der Waals surface area contributed by atoms with Crippen molar-refractivity contribution in [2.24, 2.45) is 7.05 Å². The van der Waals surface area contributed by atoms with Gasteiger partial charge in [0.15, 0.2) is 0 Å². The number of hydrogen-bond acceptors (Lipinski definition) is 1. The average Bonchev–Trinajstić information content (AvgIpc) is 2.27. The average molecular weight is 180 g/mol. The van der Waals surface area contributed by atoms with Crippen molar-refractivity contribution in [2.75, 3.05) is 0 Å². The number of aromatic nitrogens is 2. The molecule has 0 N–H and O–H groups in total. The summed E-state index contributed by atoms with van der Waals surface area (Å²) >= 11 is 0. The normalized spacial score (nSPS) is 11.8. The maximum Gasteiger partial charge on any atom is 0.134 e. The van der Waals surface area contributed by atoms with Crippen molar-refractivity contribution in [3.8, 4) is 0 Å². The van der Waals surface area contributed by atoms with Crippen LogP contribution >= 0.6 is 0 Å². The molecule has 2 nitrogen and oxygen atoms in total. The molecule has 0 radical (unpaired) electrons. The molecule has 0 unspecified atom stereocenters. The van der Waals surface area contributed by atoms with E-state index in [2.05, 4.69) is 11.7 Å². The predicted octanol–water partition coefficient (Wildman–Crippen LogP) is 2.53. The number of hydrogen-bond donors (Lipinski definition) is 0. The summed E-state index contributed by atoms with van der Waals surface area (Å²) in [5.41, 5.74) is 2.10. The molecule has 0 bridgehead atoms. The van der Waals surface area contributed by atoms with Gasteiger partial charge in [-0.3, -0.25) is 4.68 Å². The van der Waals surface area contributed by atoms with Gasteiger partial charge in [-0.25, -0.2) is 4.39 Å². The zero-order valence-corrected chi connectivity index (χ0v) is 8.13. The molecule has 0 fully saturated rings. The highest BCUT2D eigenvalue weighted by molar-refractivity contribution is 5.64. The highest BCUT2D eigenvalue weighted by Gasteiger charge is 2.12. The first-order chi connectivity index (χ1) is 6.07. The van der Waals surface area contributed by atoms with Gasteiger partial charge >= 0.3 is 0 Å². The van der Waals surface area contributed by atoms with E-state index >= 15 is 0 Å². The summed E-state index contributed by atoms with van der Waals surface area (Å²) in [6.45, 7) is 7.08. The highest BCUT2D eigenvalue weighted by atomic mass is 19.1. The summed E-state index contributed by atoms with van der Waals surface area (Å²) in [5, 5.41) is 4.12. The van der Waals surface area contributed by atoms with Crippen LogP contribution in [0, 0.1) is 13.8 Å². The molecule has 70 valence electrons. The van der Waals surface area contributed by atoms with Crippen LogP contribution in [0.25, 0.3) is 5.83 Å². The summed E-state index contributed by atoms with van der Waals surface area (Å²) in [6.07, 6.45) is 2.78. The third-order valence-corrected chi connectivity index (χ3v) is 2.01. The summed E-state index contributed by atoms with van der Waals surface area (Å²) in [5.74, 6) is -0.280. The van der Waals surface area contributed by atoms with Gasteiger partial charge in [0.1, 0.15) is 5.83 Å². The van der Waals surface area contributed by atoms with Crippen LogP contribution in [-0.2, 0) is 7.05 Å². The second-order valence-corrected chi connectivity index (χ2v) is 2.92. The maximum atomic E-state index is 13.4. The molecular formula is C10H13FN2. The Balaban J connectivity index is 3.28. The number of nitrogens with zero attached hydrogens (tertiary/aromatic N) is 2. The molecule has 0 aromatic carbocycles. The Morgan fingerprint density at radius 3 is 2.54 bits per heavy atom. The van der Waals surface area contributed by atoms with Gasteiger partial charge in [-0.2, -0.15) is 5.10 Å². The molecule has 0 saturated heterocycles. The van der Waals surface area contributed by atoms with E-state index in [-0.39, 0.29) is 5.83 Å². The molecule has 0 aliphatic carbocycles. The Morgan fingerprint density at radius 2 is 2.15 bits per heavy atom. The fourth-order valence-electron chi connectivity index (χ4n) is 1.31. The van der Waals surface area contributed by atoms with Gasteiger partial charge in [-0.1, -0.05) is 12.7 Å². The number of aryl methyl sites for hydroxylation is 2. The van der Waals surface area contributed by atoms with Crippen molar-refractivity contribution < 1.29 is 4.39 Å². The molecule has 0 aliphatic heterocycles. The molecule has 1 heterocycles. The number of halogens is 1. The van der Waals surface area contributed by atoms with Crippen LogP contribution < -0.4 is 0 Å². The van der Waals surface area contributed by atoms with Gasteiger partial charge in [0.2, 0.25) is 0 Å². The first kappa shape index (κ1) is 9.71. The van der Waals surface area contributed by atoms with Crippen molar-refractivity contribution in [2.45, 2.75) is 13.8 Å². The Hall–Kier alpha value is -1.38. The Labute approximate surface area is 77.4 Å². The summed E-state index contributed by atoms with van der Waals surface area (Å²) in [4.78, 5) is 0. The van der Waals surface area contributed by atoms with E-state index in [9.17, 15) is 4.39 Å². The van der Waals surface area contributed by atoms with E-state index in [4.69, 9.17) is 0 Å². The van der Waals surface area contributed by atoms with Crippen LogP contribution in [0.5, 0.6) is 0 Å². The van der Waals surface area contributed by atoms with Crippen LogP contribution in [0.3, 0.4) is 0 Å². The Kier molecular flexibility index (Phi) is 2.66. The van der Waals surface area contributed by atoms with Crippen LogP contribution in [0.4, 0.5) is 4.39 Å². The molecular weight excluding hydrogens is 167 g/mol. The third kappa shape index (κ3) is 1.69. The van der Waals surface area contributed by atoms with Gasteiger partial charge in [-0.05, 0) is 19.9 Å². The number of allylic oxidation sites excluding steroid dienone is 2. The molecule has 3 heteroatoms. The molecule has 13 heavy (non-hydrogen) atoms. The third-order valence-electron chi connectivity index (χ3n) is 2.01. The van der Waals surface area contributed by atoms with Gasteiger partial charge in [-0.15, -0.1) is 0 Å². The zero-order valence-electron chi connectivity index (χ0n) is 8.13. The lowest BCUT2D eigenvalue weighted by molar-refractivity contribution is 0.728. The van der Waals surface area contributed by atoms with Gasteiger partial charge < -0.3 is 0 Å². The highest BCUT2D eigenvalue weighted by Crippen LogP contribution is 2.22. The SMILES string of the molecule is C=C/C=C(/F)c1c(C)nn(C)c1C. The lowest BCUT2D eigenvalue weighted by Crippen LogP contribution is -1.92. The van der Waals surface area contributed by atoms with E-state index in [1.807, 2.05) is 6.92 Å². The predicted molar refractivity (Wildman–Crippen MR) is 52.0 cm³/mol. The van der Waals surface area contributed by atoms with Gasteiger partial charge in [0, 0.05) is 12.7 Å². The first-order valence-corrected chi connectivity index (χ1v) is 4.06. The summed E-state index contributed by atoms with van der Waals surface area (Å²) < 4.78 is 15.1. The minimum atomic E-state index is -0.280. The monoisotopic (exact) mass is 180 g/mol. The topological polar surface area (TPSA) is 17.8 Å². The summed E-state index contributed by atoms with van der Waals surface area (Å²) in [6, 6.07) is 0. The van der Waals surface area contributed by atoms with Crippen LogP contribution in [0.2, 0.25) is 0 Å². The second kappa shape index (κ2) is 3.56. The zero-order chi connectivity index (χ0) is 10.0. The molecule has 1 aromatic rings. The van der Waals surface area contributed by atoms with E-state index in [1.54, 1.807) is 18.7 Å². The van der Waals surface area contributed by atoms with Crippen molar-refractivity contribution in [1.82, 2.24) is 9.78 Å². The molecule has 0 amide bonds. The molecule has 0 atom stereocenters. The second-order valence-electron chi connectivity index (χ2n) is 2.92. The lowest BCUT2D eigenvalue weighted by atomic mass is 10.1. The van der Waals surface area contributed by atoms with Crippen molar-refractivity contribution in [1.29, 1.82) is 0 Å². The van der Waals surface area contributed by atoms with Crippen LogP contribution in [-0.4, -0.2) is 9.78 Å².